The van der Waals surface area contributed by atoms with Gasteiger partial charge in [0.25, 0.3) is 0 Å². The van der Waals surface area contributed by atoms with Crippen LogP contribution in [0.1, 0.15) is 88.2 Å². The Hall–Kier alpha value is -3.78. The monoisotopic (exact) mass is 974 g/mol. The molecule has 0 spiro atoms. The predicted molar refractivity (Wildman–Crippen MR) is 284 cm³/mol. The van der Waals surface area contributed by atoms with Crippen LogP contribution in [0.4, 0.5) is 0 Å². The van der Waals surface area contributed by atoms with Crippen LogP contribution in [0.5, 0.6) is 0 Å². The first-order chi connectivity index (χ1) is 29.8. The molecule has 2 fully saturated rings. The van der Waals surface area contributed by atoms with E-state index in [0.717, 1.165) is 11.8 Å². The fourth-order valence-electron chi connectivity index (χ4n) is 10.2. The summed E-state index contributed by atoms with van der Waals surface area (Å²) in [5.74, 6) is 1.71. The van der Waals surface area contributed by atoms with Crippen LogP contribution in [-0.4, -0.2) is 6.88 Å². The van der Waals surface area contributed by atoms with E-state index in [0.29, 0.717) is 0 Å². The zero-order valence-electron chi connectivity index (χ0n) is 38.0. The quantitative estimate of drug-likeness (QED) is 0.0809. The Bertz CT molecular complexity index is 2190. The summed E-state index contributed by atoms with van der Waals surface area (Å²) >= 11 is 1.36. The summed E-state index contributed by atoms with van der Waals surface area (Å²) in [6, 6.07) is 62.6. The van der Waals surface area contributed by atoms with Gasteiger partial charge < -0.3 is 14.9 Å². The van der Waals surface area contributed by atoms with Crippen molar-refractivity contribution in [1.29, 1.82) is 0 Å². The molecule has 4 heteroatoms. The third-order valence-corrected chi connectivity index (χ3v) is 13.2. The number of halogens is 2. The van der Waals surface area contributed by atoms with E-state index < -0.39 is 0 Å². The van der Waals surface area contributed by atoms with Crippen molar-refractivity contribution in [2.24, 2.45) is 11.8 Å². The largest absolute Gasteiger partial charge is 0.164 e. The molecule has 0 aliphatic heterocycles. The van der Waals surface area contributed by atoms with E-state index in [2.05, 4.69) is 177 Å². The molecule has 0 bridgehead atoms. The molecule has 0 heterocycles. The van der Waals surface area contributed by atoms with Crippen LogP contribution in [0, 0.1) is 26.7 Å². The molecule has 8 aromatic rings. The van der Waals surface area contributed by atoms with E-state index in [9.17, 15) is 0 Å². The second-order valence-corrected chi connectivity index (χ2v) is 17.3. The summed E-state index contributed by atoms with van der Waals surface area (Å²) in [7, 11) is 0. The molecular weight excluding hydrogens is 911 g/mol. The normalized spacial score (nSPS) is 14.0. The average molecular weight is 977 g/mol. The molecule has 8 aromatic carbocycles. The summed E-state index contributed by atoms with van der Waals surface area (Å²) in [6.45, 7) is 3.06. The maximum absolute atomic E-state index is 3.06. The number of benzene rings is 6. The van der Waals surface area contributed by atoms with Gasteiger partial charge in [0.1, 0.15) is 0 Å². The molecule has 2 aliphatic rings. The van der Waals surface area contributed by atoms with Crippen molar-refractivity contribution < 1.29 is 23.3 Å². The van der Waals surface area contributed by atoms with Crippen LogP contribution in [-0.2, 0) is 36.2 Å². The van der Waals surface area contributed by atoms with E-state index in [1.807, 2.05) is 0 Å². The van der Waals surface area contributed by atoms with E-state index in [4.69, 9.17) is 0 Å². The molecule has 2 radical (unpaired) electrons. The van der Waals surface area contributed by atoms with Gasteiger partial charge >= 0.3 is 30.2 Å². The molecule has 0 amide bonds. The Balaban J connectivity index is 0.000000255. The zero-order chi connectivity index (χ0) is 40.9. The Labute approximate surface area is 415 Å². The van der Waals surface area contributed by atoms with Crippen molar-refractivity contribution in [3.63, 3.8) is 0 Å². The molecule has 2 saturated carbocycles. The van der Waals surface area contributed by atoms with Crippen LogP contribution in [0.15, 0.2) is 170 Å². The number of fused-ring (bicyclic) bond motifs is 2. The first-order valence-corrected chi connectivity index (χ1v) is 26.9. The third kappa shape index (κ3) is 13.2. The molecule has 0 N–H and O–H groups in total. The van der Waals surface area contributed by atoms with Gasteiger partial charge in [-0.15, -0.1) is 69.6 Å². The molecule has 332 valence electrons. The van der Waals surface area contributed by atoms with Gasteiger partial charge in [-0.25, -0.2) is 0 Å². The first kappa shape index (κ1) is 52.8. The summed E-state index contributed by atoms with van der Waals surface area (Å²) < 4.78 is 0. The maximum atomic E-state index is 3.06. The van der Waals surface area contributed by atoms with E-state index in [1.54, 1.807) is 0 Å². The van der Waals surface area contributed by atoms with Gasteiger partial charge in [-0.2, -0.15) is 12.1 Å². The standard InChI is InChI=1S/2C29H29.2CH3.2ClH.Si.Zr/c2*1-2-6-12-22(11-5-1)19-23-20-28-26(24-13-7-3-8-14-24)17-18-27(29(28)21-23)25-15-9-4-10-16-25;;;;;;/h2*3-4,7-10,13-18,20-22H,1-2,5-6,11-12,19H2;2*1H3;2*1H;;/q4*-1;;;;. The SMILES string of the molecule is Cl.Cl.[CH3-].[CH3-].[Si]=[Zr].c1ccc(-c2ccc(-c3ccccc3)c3[cH-]c(CC4CCCCCC4)cc23)cc1.c1ccc(-c2ccc(-c3ccccc3)c3[cH-]c(CC4CCCCCC4)cc23)cc1. The fraction of sp³-hybridized carbons (Fsp3) is 0.267. The molecule has 64 heavy (non-hydrogen) atoms. The Morgan fingerprint density at radius 1 is 0.375 bits per heavy atom. The van der Waals surface area contributed by atoms with Crippen molar-refractivity contribution in [3.8, 4) is 44.5 Å². The molecule has 0 atom stereocenters. The van der Waals surface area contributed by atoms with Crippen LogP contribution in [0.3, 0.4) is 0 Å². The molecule has 2 aliphatic carbocycles. The van der Waals surface area contributed by atoms with Crippen molar-refractivity contribution in [2.45, 2.75) is 89.9 Å². The first-order valence-electron chi connectivity index (χ1n) is 22.7. The van der Waals surface area contributed by atoms with Gasteiger partial charge in [0, 0.05) is 0 Å². The smallest absolute Gasteiger partial charge is 0.0279 e. The second-order valence-electron chi connectivity index (χ2n) is 17.3. The van der Waals surface area contributed by atoms with Crippen molar-refractivity contribution >= 4 is 53.2 Å². The summed E-state index contributed by atoms with van der Waals surface area (Å²) in [6.07, 6.45) is 19.4. The van der Waals surface area contributed by atoms with Gasteiger partial charge in [-0.05, 0) is 35.8 Å². The van der Waals surface area contributed by atoms with E-state index in [-0.39, 0.29) is 39.7 Å². The van der Waals surface area contributed by atoms with Gasteiger partial charge in [-0.1, -0.05) is 256 Å². The minimum Gasteiger partial charge on any atom is -0.164 e. The molecule has 0 unspecified atom stereocenters. The Morgan fingerprint density at radius 2 is 0.641 bits per heavy atom. The number of rotatable bonds is 8. The summed E-state index contributed by atoms with van der Waals surface area (Å²) in [4.78, 5) is 0. The Morgan fingerprint density at radius 3 is 0.938 bits per heavy atom. The topological polar surface area (TPSA) is 0 Å². The van der Waals surface area contributed by atoms with Gasteiger partial charge in [0.15, 0.2) is 0 Å². The summed E-state index contributed by atoms with van der Waals surface area (Å²) in [5, 5.41) is 5.62. The van der Waals surface area contributed by atoms with Crippen LogP contribution >= 0.6 is 24.8 Å². The third-order valence-electron chi connectivity index (χ3n) is 13.2. The molecular formula is C60H66Cl2SiZr-4. The van der Waals surface area contributed by atoms with E-state index >= 15 is 0 Å². The van der Waals surface area contributed by atoms with Gasteiger partial charge in [0.05, 0.1) is 0 Å². The van der Waals surface area contributed by atoms with E-state index in [1.165, 1.54) is 190 Å². The maximum Gasteiger partial charge on any atom is -0.0279 e. The van der Waals surface area contributed by atoms with Crippen LogP contribution < -0.4 is 0 Å². The fourth-order valence-corrected chi connectivity index (χ4v) is 10.2. The zero-order valence-corrected chi connectivity index (χ0v) is 43.1. The minimum atomic E-state index is 0. The molecule has 10 rings (SSSR count). The van der Waals surface area contributed by atoms with Gasteiger partial charge in [-0.3, -0.25) is 0 Å². The average Bonchev–Trinajstić information content (AvgIpc) is 3.72. The van der Waals surface area contributed by atoms with Crippen molar-refractivity contribution in [3.05, 3.63) is 196 Å². The van der Waals surface area contributed by atoms with Crippen LogP contribution in [0.25, 0.3) is 66.1 Å². The number of hydrogen-bond acceptors (Lipinski definition) is 0. The van der Waals surface area contributed by atoms with Crippen molar-refractivity contribution in [1.82, 2.24) is 0 Å². The van der Waals surface area contributed by atoms with Crippen molar-refractivity contribution in [2.75, 3.05) is 0 Å². The molecule has 0 saturated heterocycles. The minimum absolute atomic E-state index is 0. The second kappa shape index (κ2) is 27.0. The predicted octanol–water partition coefficient (Wildman–Crippen LogP) is 18.2. The van der Waals surface area contributed by atoms with Crippen LogP contribution in [0.2, 0.25) is 0 Å². The summed E-state index contributed by atoms with van der Waals surface area (Å²) in [5.41, 5.74) is 13.7. The number of hydrogen-bond donors (Lipinski definition) is 0. The molecule has 0 aromatic heterocycles. The van der Waals surface area contributed by atoms with Gasteiger partial charge in [0.2, 0.25) is 0 Å². The molecule has 0 nitrogen and oxygen atoms in total. The Kier molecular flexibility index (Phi) is 22.3.